The fourth-order valence-electron chi connectivity index (χ4n) is 3.51. The van der Waals surface area contributed by atoms with Crippen molar-refractivity contribution in [2.24, 2.45) is 0 Å². The minimum Gasteiger partial charge on any atom is -0.468 e. The van der Waals surface area contributed by atoms with Crippen molar-refractivity contribution in [2.45, 2.75) is 42.9 Å². The number of carbonyl (C=O) groups excluding carboxylic acids is 1. The third-order valence-corrected chi connectivity index (χ3v) is 6.90. The molecule has 0 bridgehead atoms. The zero-order valence-corrected chi connectivity index (χ0v) is 16.9. The smallest absolute Gasteiger partial charge is 0.416 e. The summed E-state index contributed by atoms with van der Waals surface area (Å²) in [6.07, 6.45) is -1.94. The molecule has 0 unspecified atom stereocenters. The van der Waals surface area contributed by atoms with E-state index >= 15 is 0 Å². The Kier molecular flexibility index (Phi) is 5.92. The van der Waals surface area contributed by atoms with Gasteiger partial charge in [-0.15, -0.1) is 0 Å². The molecule has 1 heterocycles. The van der Waals surface area contributed by atoms with Crippen LogP contribution in [0.2, 0.25) is 0 Å². The molecule has 12 heteroatoms. The Hall–Kier alpha value is -2.47. The minimum absolute atomic E-state index is 0.145. The van der Waals surface area contributed by atoms with Gasteiger partial charge in [-0.2, -0.15) is 22.6 Å². The Morgan fingerprint density at radius 3 is 2.67 bits per heavy atom. The highest BCUT2D eigenvalue weighted by atomic mass is 32.2. The topological polar surface area (TPSA) is 81.5 Å². The van der Waals surface area contributed by atoms with Crippen LogP contribution in [0, 0.1) is 5.82 Å². The van der Waals surface area contributed by atoms with Crippen molar-refractivity contribution in [1.82, 2.24) is 14.1 Å². The Bertz CT molecular complexity index is 1070. The first kappa shape index (κ1) is 22.2. The molecule has 7 nitrogen and oxygen atoms in total. The average molecular weight is 449 g/mol. The molecule has 0 saturated carbocycles. The van der Waals surface area contributed by atoms with Gasteiger partial charge < -0.3 is 4.74 Å². The normalized spacial score (nSPS) is 17.1. The first-order valence-corrected chi connectivity index (χ1v) is 10.4. The number of rotatable bonds is 5. The van der Waals surface area contributed by atoms with Gasteiger partial charge in [-0.3, -0.25) is 9.48 Å². The number of esters is 1. The van der Waals surface area contributed by atoms with Crippen molar-refractivity contribution < 1.29 is 35.5 Å². The summed E-state index contributed by atoms with van der Waals surface area (Å²) in [6.45, 7) is -0.145. The van der Waals surface area contributed by atoms with Crippen LogP contribution in [-0.4, -0.2) is 42.6 Å². The van der Waals surface area contributed by atoms with Gasteiger partial charge in [0.1, 0.15) is 12.4 Å². The Labute approximate surface area is 170 Å². The molecule has 0 spiro atoms. The largest absolute Gasteiger partial charge is 0.468 e. The van der Waals surface area contributed by atoms with Gasteiger partial charge in [-0.05, 0) is 37.5 Å². The molecule has 0 aliphatic heterocycles. The van der Waals surface area contributed by atoms with E-state index in [2.05, 4.69) is 9.84 Å². The van der Waals surface area contributed by atoms with Crippen molar-refractivity contribution in [1.29, 1.82) is 0 Å². The molecule has 1 aromatic carbocycles. The maximum absolute atomic E-state index is 13.8. The fraction of sp³-hybridized carbons (Fsp3) is 0.444. The fourth-order valence-corrected chi connectivity index (χ4v) is 4.93. The Morgan fingerprint density at radius 2 is 2.03 bits per heavy atom. The number of halogens is 4. The molecule has 164 valence electrons. The van der Waals surface area contributed by atoms with Crippen molar-refractivity contribution in [3.63, 3.8) is 0 Å². The zero-order chi connectivity index (χ0) is 22.3. The van der Waals surface area contributed by atoms with Gasteiger partial charge in [-0.25, -0.2) is 12.8 Å². The first-order chi connectivity index (χ1) is 13.9. The number of fused-ring (bicyclic) bond motifs is 1. The monoisotopic (exact) mass is 449 g/mol. The lowest BCUT2D eigenvalue weighted by molar-refractivity contribution is -0.141. The molecule has 0 saturated heterocycles. The lowest BCUT2D eigenvalue weighted by atomic mass is 9.93. The maximum Gasteiger partial charge on any atom is 0.416 e. The Morgan fingerprint density at radius 1 is 1.33 bits per heavy atom. The summed E-state index contributed by atoms with van der Waals surface area (Å²) < 4.78 is 85.7. The summed E-state index contributed by atoms with van der Waals surface area (Å²) in [5.74, 6) is -1.82. The summed E-state index contributed by atoms with van der Waals surface area (Å²) in [5, 5.41) is 4.12. The number of methoxy groups -OCH3 is 1. The Balaban J connectivity index is 1.97. The van der Waals surface area contributed by atoms with Crippen LogP contribution in [0.1, 0.15) is 35.7 Å². The molecule has 1 aliphatic carbocycles. The highest BCUT2D eigenvalue weighted by molar-refractivity contribution is 7.89. The lowest BCUT2D eigenvalue weighted by Crippen LogP contribution is -2.33. The second-order valence-corrected chi connectivity index (χ2v) is 8.88. The number of carbonyl (C=O) groups is 1. The molecule has 1 aromatic heterocycles. The third-order valence-electron chi connectivity index (χ3n) is 5.05. The highest BCUT2D eigenvalue weighted by Gasteiger charge is 2.37. The molecular formula is C18H19F4N3O4S. The molecule has 0 N–H and O–H groups in total. The number of sulfonamides is 1. The van der Waals surface area contributed by atoms with Crippen molar-refractivity contribution in [3.8, 4) is 0 Å². The summed E-state index contributed by atoms with van der Waals surface area (Å²) in [6, 6.07) is 0.502. The van der Waals surface area contributed by atoms with E-state index in [-0.39, 0.29) is 12.6 Å². The van der Waals surface area contributed by atoms with E-state index in [9.17, 15) is 30.8 Å². The second kappa shape index (κ2) is 7.99. The lowest BCUT2D eigenvalue weighted by Gasteiger charge is -2.31. The predicted octanol–water partition coefficient (Wildman–Crippen LogP) is 2.91. The molecule has 0 radical (unpaired) electrons. The van der Waals surface area contributed by atoms with Gasteiger partial charge in [0.15, 0.2) is 0 Å². The van der Waals surface area contributed by atoms with E-state index < -0.39 is 44.5 Å². The highest BCUT2D eigenvalue weighted by Crippen LogP contribution is 2.38. The predicted molar refractivity (Wildman–Crippen MR) is 96.3 cm³/mol. The SMILES string of the molecule is COC(=O)Cn1ncc2c1CCC[C@H]2N(C)S(=O)(=O)c1cc(F)cc(C(F)(F)F)c1. The van der Waals surface area contributed by atoms with E-state index in [0.29, 0.717) is 42.7 Å². The van der Waals surface area contributed by atoms with Crippen LogP contribution in [0.15, 0.2) is 29.3 Å². The summed E-state index contributed by atoms with van der Waals surface area (Å²) in [5.41, 5.74) is -0.192. The van der Waals surface area contributed by atoms with Gasteiger partial charge in [0.25, 0.3) is 0 Å². The van der Waals surface area contributed by atoms with Crippen LogP contribution >= 0.6 is 0 Å². The van der Waals surface area contributed by atoms with Crippen LogP contribution in [0.25, 0.3) is 0 Å². The molecular weight excluding hydrogens is 430 g/mol. The van der Waals surface area contributed by atoms with Crippen molar-refractivity contribution >= 4 is 16.0 Å². The van der Waals surface area contributed by atoms with Gasteiger partial charge in [0.05, 0.1) is 29.8 Å². The summed E-state index contributed by atoms with van der Waals surface area (Å²) >= 11 is 0. The molecule has 0 fully saturated rings. The maximum atomic E-state index is 13.8. The van der Waals surface area contributed by atoms with Gasteiger partial charge in [0, 0.05) is 18.3 Å². The second-order valence-electron chi connectivity index (χ2n) is 6.88. The molecule has 3 rings (SSSR count). The van der Waals surface area contributed by atoms with Gasteiger partial charge in [-0.1, -0.05) is 0 Å². The van der Waals surface area contributed by atoms with Crippen molar-refractivity contribution in [3.05, 3.63) is 47.0 Å². The zero-order valence-electron chi connectivity index (χ0n) is 16.1. The third kappa shape index (κ3) is 4.19. The summed E-state index contributed by atoms with van der Waals surface area (Å²) in [7, 11) is -1.98. The quantitative estimate of drug-likeness (QED) is 0.518. The standard InChI is InChI=1S/C18H19F4N3O4S/c1-24(30(27,28)13-7-11(18(20,21)22)6-12(19)8-13)15-4-3-5-16-14(15)9-23-25(16)10-17(26)29-2/h6-9,15H,3-5,10H2,1-2H3/t15-/m1/s1. The van der Waals surface area contributed by atoms with E-state index in [0.717, 1.165) is 4.31 Å². The van der Waals surface area contributed by atoms with Crippen LogP contribution in [0.5, 0.6) is 0 Å². The van der Waals surface area contributed by atoms with Gasteiger partial charge in [0.2, 0.25) is 10.0 Å². The molecule has 1 aliphatic rings. The molecule has 2 aromatic rings. The van der Waals surface area contributed by atoms with Crippen LogP contribution in [0.4, 0.5) is 17.6 Å². The number of benzene rings is 1. The van der Waals surface area contributed by atoms with Crippen LogP contribution in [0.3, 0.4) is 0 Å². The van der Waals surface area contributed by atoms with Crippen LogP contribution < -0.4 is 0 Å². The number of hydrogen-bond acceptors (Lipinski definition) is 5. The number of alkyl halides is 3. The number of hydrogen-bond donors (Lipinski definition) is 0. The molecule has 30 heavy (non-hydrogen) atoms. The average Bonchev–Trinajstić information content (AvgIpc) is 3.09. The summed E-state index contributed by atoms with van der Waals surface area (Å²) in [4.78, 5) is 10.8. The van der Waals surface area contributed by atoms with E-state index in [1.165, 1.54) is 25.0 Å². The van der Waals surface area contributed by atoms with Crippen LogP contribution in [-0.2, 0) is 38.7 Å². The number of aromatic nitrogens is 2. The number of nitrogens with zero attached hydrogens (tertiary/aromatic N) is 3. The van der Waals surface area contributed by atoms with E-state index in [4.69, 9.17) is 0 Å². The van der Waals surface area contributed by atoms with E-state index in [1.54, 1.807) is 0 Å². The van der Waals surface area contributed by atoms with Gasteiger partial charge >= 0.3 is 12.1 Å². The first-order valence-electron chi connectivity index (χ1n) is 8.92. The molecule has 0 amide bonds. The minimum atomic E-state index is -4.89. The van der Waals surface area contributed by atoms with Crippen molar-refractivity contribution in [2.75, 3.05) is 14.2 Å². The molecule has 1 atom stereocenters. The number of ether oxygens (including phenoxy) is 1. The van der Waals surface area contributed by atoms with E-state index in [1.807, 2.05) is 0 Å².